The lowest BCUT2D eigenvalue weighted by Gasteiger charge is -2.29. The Bertz CT molecular complexity index is 1240. The molecule has 172 valence electrons. The van der Waals surface area contributed by atoms with Crippen LogP contribution in [0.5, 0.6) is 0 Å². The average Bonchev–Trinajstić information content (AvgIpc) is 3.47. The lowest BCUT2D eigenvalue weighted by molar-refractivity contribution is 0.307. The number of para-hydroxylation sites is 1. The molecule has 1 aliphatic heterocycles. The molecule has 0 spiro atoms. The van der Waals surface area contributed by atoms with Crippen molar-refractivity contribution in [1.82, 2.24) is 19.8 Å². The van der Waals surface area contributed by atoms with Gasteiger partial charge in [0, 0.05) is 42.6 Å². The van der Waals surface area contributed by atoms with Gasteiger partial charge in [0.05, 0.1) is 17.8 Å². The van der Waals surface area contributed by atoms with Gasteiger partial charge in [-0.05, 0) is 79.7 Å². The van der Waals surface area contributed by atoms with E-state index >= 15 is 0 Å². The van der Waals surface area contributed by atoms with Crippen LogP contribution in [-0.4, -0.2) is 32.7 Å². The minimum Gasteiger partial charge on any atom is -0.385 e. The fourth-order valence-corrected chi connectivity index (χ4v) is 4.99. The second-order valence-electron chi connectivity index (χ2n) is 8.61. The van der Waals surface area contributed by atoms with Gasteiger partial charge in [0.15, 0.2) is 5.11 Å². The first-order valence-electron chi connectivity index (χ1n) is 11.7. The van der Waals surface area contributed by atoms with Crippen LogP contribution in [0.3, 0.4) is 0 Å². The Balaban J connectivity index is 1.43. The fraction of sp³-hybridized carbons (Fsp3) is 0.214. The molecule has 6 heteroatoms. The number of hydrogen-bond donors (Lipinski definition) is 2. The van der Waals surface area contributed by atoms with E-state index in [1.165, 1.54) is 11.3 Å². The van der Waals surface area contributed by atoms with E-state index in [4.69, 9.17) is 12.2 Å². The highest BCUT2D eigenvalue weighted by atomic mass is 32.1. The highest BCUT2D eigenvalue weighted by Gasteiger charge is 2.40. The lowest BCUT2D eigenvalue weighted by atomic mass is 10.0. The predicted molar refractivity (Wildman–Crippen MR) is 142 cm³/mol. The normalized spacial score (nSPS) is 17.6. The molecule has 1 aliphatic rings. The van der Waals surface area contributed by atoms with Crippen molar-refractivity contribution in [2.45, 2.75) is 25.4 Å². The highest BCUT2D eigenvalue weighted by Crippen LogP contribution is 2.39. The van der Waals surface area contributed by atoms with Gasteiger partial charge in [-0.1, -0.05) is 36.4 Å². The van der Waals surface area contributed by atoms with E-state index in [9.17, 15) is 0 Å². The molecule has 0 aliphatic carbocycles. The summed E-state index contributed by atoms with van der Waals surface area (Å²) in [7, 11) is 0. The molecule has 3 heterocycles. The quantitative estimate of drug-likeness (QED) is 0.259. The molecule has 1 fully saturated rings. The number of thiocarbonyl (C=S) groups is 1. The summed E-state index contributed by atoms with van der Waals surface area (Å²) in [6.07, 6.45) is 4.95. The van der Waals surface area contributed by atoms with Gasteiger partial charge in [0.25, 0.3) is 0 Å². The molecule has 2 N–H and O–H groups in total. The maximum Gasteiger partial charge on any atom is 0.170 e. The van der Waals surface area contributed by atoms with Crippen molar-refractivity contribution in [3.63, 3.8) is 0 Å². The Morgan fingerprint density at radius 3 is 2.62 bits per heavy atom. The van der Waals surface area contributed by atoms with Crippen molar-refractivity contribution in [2.24, 2.45) is 0 Å². The summed E-state index contributed by atoms with van der Waals surface area (Å²) in [5.41, 5.74) is 5.73. The molecule has 5 nitrogen and oxygen atoms in total. The monoisotopic (exact) mass is 467 g/mol. The van der Waals surface area contributed by atoms with Crippen LogP contribution in [-0.2, 0) is 0 Å². The number of rotatable bonds is 8. The summed E-state index contributed by atoms with van der Waals surface area (Å²) in [6.45, 7) is 3.85. The Labute approximate surface area is 206 Å². The Kier molecular flexibility index (Phi) is 6.58. The number of nitrogens with one attached hydrogen (secondary N) is 2. The van der Waals surface area contributed by atoms with Crippen LogP contribution in [0.1, 0.15) is 35.5 Å². The Morgan fingerprint density at radius 2 is 1.82 bits per heavy atom. The van der Waals surface area contributed by atoms with Crippen LogP contribution in [0.15, 0.2) is 97.3 Å². The van der Waals surface area contributed by atoms with Gasteiger partial charge in [0.2, 0.25) is 0 Å². The van der Waals surface area contributed by atoms with Crippen molar-refractivity contribution in [2.75, 3.05) is 18.4 Å². The molecule has 2 aromatic carbocycles. The summed E-state index contributed by atoms with van der Waals surface area (Å²) in [4.78, 5) is 6.99. The van der Waals surface area contributed by atoms with E-state index in [1.807, 2.05) is 24.4 Å². The van der Waals surface area contributed by atoms with Gasteiger partial charge in [-0.3, -0.25) is 4.98 Å². The van der Waals surface area contributed by atoms with Crippen molar-refractivity contribution in [3.05, 3.63) is 114 Å². The van der Waals surface area contributed by atoms with E-state index in [0.29, 0.717) is 0 Å². The minimum atomic E-state index is -0.0192. The molecule has 4 aromatic rings. The number of aromatic nitrogens is 2. The van der Waals surface area contributed by atoms with Crippen LogP contribution in [0.4, 0.5) is 5.69 Å². The van der Waals surface area contributed by atoms with Crippen molar-refractivity contribution < 1.29 is 0 Å². The molecule has 5 rings (SSSR count). The summed E-state index contributed by atoms with van der Waals surface area (Å²) in [5, 5.41) is 7.86. The van der Waals surface area contributed by atoms with Gasteiger partial charge in [-0.25, -0.2) is 0 Å². The summed E-state index contributed by atoms with van der Waals surface area (Å²) < 4.78 is 2.28. The zero-order valence-corrected chi connectivity index (χ0v) is 20.1. The third-order valence-corrected chi connectivity index (χ3v) is 6.59. The number of pyridine rings is 1. The molecule has 1 saturated heterocycles. The summed E-state index contributed by atoms with van der Waals surface area (Å²) in [6, 6.07) is 29.3. The van der Waals surface area contributed by atoms with Crippen LogP contribution >= 0.6 is 12.2 Å². The summed E-state index contributed by atoms with van der Waals surface area (Å²) >= 11 is 5.85. The Morgan fingerprint density at radius 1 is 0.971 bits per heavy atom. The highest BCUT2D eigenvalue weighted by molar-refractivity contribution is 7.80. The van der Waals surface area contributed by atoms with E-state index in [0.717, 1.165) is 41.7 Å². The molecular weight excluding hydrogens is 438 g/mol. The number of nitrogens with zero attached hydrogens (tertiary/aromatic N) is 3. The molecule has 0 amide bonds. The zero-order valence-electron chi connectivity index (χ0n) is 19.3. The molecule has 0 radical (unpaired) electrons. The van der Waals surface area contributed by atoms with E-state index in [-0.39, 0.29) is 12.1 Å². The maximum atomic E-state index is 5.85. The van der Waals surface area contributed by atoms with Crippen LogP contribution < -0.4 is 10.6 Å². The third-order valence-electron chi connectivity index (χ3n) is 6.24. The first-order valence-corrected chi connectivity index (χ1v) is 12.1. The molecule has 34 heavy (non-hydrogen) atoms. The van der Waals surface area contributed by atoms with Crippen LogP contribution in [0, 0.1) is 6.92 Å². The smallest absolute Gasteiger partial charge is 0.170 e. The van der Waals surface area contributed by atoms with E-state index in [2.05, 4.69) is 105 Å². The second-order valence-corrected chi connectivity index (χ2v) is 9.00. The van der Waals surface area contributed by atoms with Crippen molar-refractivity contribution in [1.29, 1.82) is 0 Å². The van der Waals surface area contributed by atoms with Gasteiger partial charge in [-0.2, -0.15) is 0 Å². The van der Waals surface area contributed by atoms with Gasteiger partial charge in [0.1, 0.15) is 0 Å². The van der Waals surface area contributed by atoms with Gasteiger partial charge >= 0.3 is 0 Å². The SMILES string of the molecule is Cc1cccc(-n2cccc2[C@H]2[C@@H](c3ccccn3)NC(=S)N2CCCNc2ccccc2)c1. The zero-order chi connectivity index (χ0) is 23.3. The molecule has 2 aromatic heterocycles. The molecule has 0 unspecified atom stereocenters. The Hall–Kier alpha value is -3.64. The number of aryl methyl sites for hydroxylation is 1. The number of benzene rings is 2. The molecule has 2 atom stereocenters. The second kappa shape index (κ2) is 10.1. The standard InChI is InChI=1S/C28H29N5S/c1-21-10-7-13-23(20-21)32-18-8-15-25(32)27-26(24-14-5-6-16-30-24)31-28(34)33(27)19-9-17-29-22-11-3-2-4-12-22/h2-8,10-16,18,20,26-27,29H,9,17,19H2,1H3,(H,31,34)/t26-,27+/m1/s1. The fourth-order valence-electron chi connectivity index (χ4n) is 4.65. The summed E-state index contributed by atoms with van der Waals surface area (Å²) in [5.74, 6) is 0. The van der Waals surface area contributed by atoms with Crippen molar-refractivity contribution >= 4 is 23.0 Å². The lowest BCUT2D eigenvalue weighted by Crippen LogP contribution is -2.32. The van der Waals surface area contributed by atoms with Crippen LogP contribution in [0.2, 0.25) is 0 Å². The predicted octanol–water partition coefficient (Wildman–Crippen LogP) is 5.66. The minimum absolute atomic E-state index is 0.0192. The van der Waals surface area contributed by atoms with Gasteiger partial charge in [-0.15, -0.1) is 0 Å². The largest absolute Gasteiger partial charge is 0.385 e. The molecular formula is C28H29N5S. The van der Waals surface area contributed by atoms with E-state index < -0.39 is 0 Å². The van der Waals surface area contributed by atoms with Crippen molar-refractivity contribution in [3.8, 4) is 5.69 Å². The molecule has 0 bridgehead atoms. The number of anilines is 1. The third kappa shape index (κ3) is 4.68. The number of hydrogen-bond acceptors (Lipinski definition) is 3. The first-order chi connectivity index (χ1) is 16.7. The van der Waals surface area contributed by atoms with Crippen LogP contribution in [0.25, 0.3) is 5.69 Å². The average molecular weight is 468 g/mol. The molecule has 0 saturated carbocycles. The topological polar surface area (TPSA) is 45.1 Å². The van der Waals surface area contributed by atoms with Gasteiger partial charge < -0.3 is 20.1 Å². The van der Waals surface area contributed by atoms with E-state index in [1.54, 1.807) is 0 Å². The first kappa shape index (κ1) is 22.2. The maximum absolute atomic E-state index is 5.85.